The van der Waals surface area contributed by atoms with Gasteiger partial charge in [-0.25, -0.2) is 4.79 Å². The molecular formula is C18H23N3O4S. The average molecular weight is 377 g/mol. The van der Waals surface area contributed by atoms with Crippen LogP contribution >= 0.6 is 11.3 Å². The van der Waals surface area contributed by atoms with E-state index in [1.165, 1.54) is 18.4 Å². The van der Waals surface area contributed by atoms with Gasteiger partial charge >= 0.3 is 5.97 Å². The van der Waals surface area contributed by atoms with Crippen molar-refractivity contribution in [1.82, 2.24) is 10.5 Å². The normalized spacial score (nSPS) is 17.5. The number of esters is 1. The van der Waals surface area contributed by atoms with E-state index in [0.717, 1.165) is 10.4 Å². The van der Waals surface area contributed by atoms with Crippen molar-refractivity contribution in [2.24, 2.45) is 0 Å². The topological polar surface area (TPSA) is 93.5 Å². The SMILES string of the molecule is COC(=O)c1c(NC(=O)c2cc(C)on2)sc2c1CC(C)(C)NC2(C)C. The maximum Gasteiger partial charge on any atom is 0.341 e. The van der Waals surface area contributed by atoms with Gasteiger partial charge in [0.25, 0.3) is 5.91 Å². The number of aromatic nitrogens is 1. The number of fused-ring (bicyclic) bond motifs is 1. The van der Waals surface area contributed by atoms with E-state index in [0.29, 0.717) is 22.7 Å². The van der Waals surface area contributed by atoms with Crippen LogP contribution in [-0.4, -0.2) is 29.7 Å². The molecule has 0 bridgehead atoms. The number of rotatable bonds is 3. The molecule has 0 fully saturated rings. The smallest absolute Gasteiger partial charge is 0.341 e. The van der Waals surface area contributed by atoms with Gasteiger partial charge in [-0.05, 0) is 46.6 Å². The molecule has 0 atom stereocenters. The number of amides is 1. The first-order valence-corrected chi connectivity index (χ1v) is 9.14. The van der Waals surface area contributed by atoms with Crippen LogP contribution < -0.4 is 10.6 Å². The Hall–Kier alpha value is -2.19. The van der Waals surface area contributed by atoms with Crippen molar-refractivity contribution in [3.05, 3.63) is 33.5 Å². The van der Waals surface area contributed by atoms with Crippen molar-refractivity contribution < 1.29 is 18.8 Å². The van der Waals surface area contributed by atoms with Crippen LogP contribution in [0.4, 0.5) is 5.00 Å². The molecule has 140 valence electrons. The highest BCUT2D eigenvalue weighted by molar-refractivity contribution is 7.17. The lowest BCUT2D eigenvalue weighted by atomic mass is 9.81. The largest absolute Gasteiger partial charge is 0.465 e. The number of methoxy groups -OCH3 is 1. The molecule has 1 aliphatic rings. The monoisotopic (exact) mass is 377 g/mol. The van der Waals surface area contributed by atoms with E-state index in [9.17, 15) is 9.59 Å². The first-order valence-electron chi connectivity index (χ1n) is 8.32. The highest BCUT2D eigenvalue weighted by Gasteiger charge is 2.42. The van der Waals surface area contributed by atoms with Gasteiger partial charge in [0.15, 0.2) is 5.69 Å². The lowest BCUT2D eigenvalue weighted by Crippen LogP contribution is -2.55. The lowest BCUT2D eigenvalue weighted by molar-refractivity contribution is 0.0600. The number of carbonyl (C=O) groups excluding carboxylic acids is 2. The van der Waals surface area contributed by atoms with E-state index in [2.05, 4.69) is 43.5 Å². The van der Waals surface area contributed by atoms with Gasteiger partial charge in [-0.3, -0.25) is 4.79 Å². The Morgan fingerprint density at radius 3 is 2.62 bits per heavy atom. The fraction of sp³-hybridized carbons (Fsp3) is 0.500. The van der Waals surface area contributed by atoms with Gasteiger partial charge in [-0.15, -0.1) is 11.3 Å². The molecular weight excluding hydrogens is 354 g/mol. The van der Waals surface area contributed by atoms with Crippen molar-refractivity contribution >= 4 is 28.2 Å². The predicted octanol–water partition coefficient (Wildman–Crippen LogP) is 3.24. The maximum atomic E-state index is 12.5. The van der Waals surface area contributed by atoms with Crippen LogP contribution in [0, 0.1) is 6.92 Å². The van der Waals surface area contributed by atoms with Crippen LogP contribution in [0.25, 0.3) is 0 Å². The minimum Gasteiger partial charge on any atom is -0.465 e. The zero-order valence-corrected chi connectivity index (χ0v) is 16.6. The first-order chi connectivity index (χ1) is 12.0. The molecule has 2 N–H and O–H groups in total. The van der Waals surface area contributed by atoms with E-state index in [1.54, 1.807) is 13.0 Å². The molecule has 7 nitrogen and oxygen atoms in total. The third-order valence-electron chi connectivity index (χ3n) is 4.32. The minimum absolute atomic E-state index is 0.169. The predicted molar refractivity (Wildman–Crippen MR) is 98.8 cm³/mol. The summed E-state index contributed by atoms with van der Waals surface area (Å²) in [4.78, 5) is 26.0. The molecule has 1 aliphatic heterocycles. The Bertz CT molecular complexity index is 879. The first kappa shape index (κ1) is 18.6. The van der Waals surface area contributed by atoms with Gasteiger partial charge in [-0.1, -0.05) is 5.16 Å². The molecule has 2 aromatic rings. The number of hydrogen-bond acceptors (Lipinski definition) is 7. The van der Waals surface area contributed by atoms with Crippen LogP contribution in [0.5, 0.6) is 0 Å². The number of nitrogens with one attached hydrogen (secondary N) is 2. The molecule has 8 heteroatoms. The van der Waals surface area contributed by atoms with Crippen molar-refractivity contribution in [3.63, 3.8) is 0 Å². The Morgan fingerprint density at radius 1 is 1.35 bits per heavy atom. The number of aryl methyl sites for hydroxylation is 1. The summed E-state index contributed by atoms with van der Waals surface area (Å²) < 4.78 is 9.95. The molecule has 0 saturated heterocycles. The Balaban J connectivity index is 2.07. The van der Waals surface area contributed by atoms with Gasteiger partial charge in [0, 0.05) is 22.0 Å². The van der Waals surface area contributed by atoms with Crippen molar-refractivity contribution in [2.45, 2.75) is 52.1 Å². The van der Waals surface area contributed by atoms with Crippen LogP contribution in [0.15, 0.2) is 10.6 Å². The third kappa shape index (κ3) is 3.26. The number of anilines is 1. The zero-order chi connectivity index (χ0) is 19.3. The highest BCUT2D eigenvalue weighted by atomic mass is 32.1. The Kier molecular flexibility index (Phi) is 4.44. The van der Waals surface area contributed by atoms with Gasteiger partial charge in [0.1, 0.15) is 10.8 Å². The molecule has 1 amide bonds. The minimum atomic E-state index is -0.456. The third-order valence-corrected chi connectivity index (χ3v) is 5.79. The number of carbonyl (C=O) groups is 2. The molecule has 0 saturated carbocycles. The van der Waals surface area contributed by atoms with E-state index in [4.69, 9.17) is 9.26 Å². The number of ether oxygens (including phenoxy) is 1. The van der Waals surface area contributed by atoms with Crippen LogP contribution in [0.3, 0.4) is 0 Å². The lowest BCUT2D eigenvalue weighted by Gasteiger charge is -2.42. The second-order valence-corrected chi connectivity index (χ2v) is 8.71. The second kappa shape index (κ2) is 6.21. The number of nitrogens with zero attached hydrogens (tertiary/aromatic N) is 1. The summed E-state index contributed by atoms with van der Waals surface area (Å²) >= 11 is 1.39. The summed E-state index contributed by atoms with van der Waals surface area (Å²) in [7, 11) is 1.34. The maximum absolute atomic E-state index is 12.5. The highest BCUT2D eigenvalue weighted by Crippen LogP contribution is 2.45. The quantitative estimate of drug-likeness (QED) is 0.798. The van der Waals surface area contributed by atoms with Crippen molar-refractivity contribution in [1.29, 1.82) is 0 Å². The molecule has 0 spiro atoms. The summed E-state index contributed by atoms with van der Waals surface area (Å²) in [5.41, 5.74) is 0.983. The fourth-order valence-corrected chi connectivity index (χ4v) is 4.83. The zero-order valence-electron chi connectivity index (χ0n) is 15.8. The number of thiophene rings is 1. The summed E-state index contributed by atoms with van der Waals surface area (Å²) in [5.74, 6) is -0.334. The molecule has 0 aliphatic carbocycles. The Morgan fingerprint density at radius 2 is 2.04 bits per heavy atom. The fourth-order valence-electron chi connectivity index (χ4n) is 3.57. The van der Waals surface area contributed by atoms with Crippen molar-refractivity contribution in [2.75, 3.05) is 12.4 Å². The molecule has 3 heterocycles. The van der Waals surface area contributed by atoms with Crippen LogP contribution in [-0.2, 0) is 16.7 Å². The molecule has 2 aromatic heterocycles. The molecule has 3 rings (SSSR count). The van der Waals surface area contributed by atoms with E-state index >= 15 is 0 Å². The average Bonchev–Trinajstić information content (AvgIpc) is 3.09. The molecule has 0 radical (unpaired) electrons. The van der Waals surface area contributed by atoms with Gasteiger partial charge in [0.05, 0.1) is 12.7 Å². The van der Waals surface area contributed by atoms with E-state index < -0.39 is 11.9 Å². The molecule has 0 unspecified atom stereocenters. The van der Waals surface area contributed by atoms with E-state index in [1.807, 2.05) is 0 Å². The molecule has 26 heavy (non-hydrogen) atoms. The molecule has 0 aromatic carbocycles. The van der Waals surface area contributed by atoms with Gasteiger partial charge < -0.3 is 19.9 Å². The van der Waals surface area contributed by atoms with Gasteiger partial charge in [0.2, 0.25) is 0 Å². The standard InChI is InChI=1S/C18H23N3O4S/c1-9-7-11(20-25-9)14(22)19-15-12(16(23)24-6)10-8-17(2,3)21-18(4,5)13(10)26-15/h7,21H,8H2,1-6H3,(H,19,22). The summed E-state index contributed by atoms with van der Waals surface area (Å²) in [5, 5.41) is 10.6. The second-order valence-electron chi connectivity index (χ2n) is 7.69. The summed E-state index contributed by atoms with van der Waals surface area (Å²) in [6, 6.07) is 1.55. The number of hydrogen-bond donors (Lipinski definition) is 2. The Labute approximate surface area is 156 Å². The summed E-state index contributed by atoms with van der Waals surface area (Å²) in [6.07, 6.45) is 0.658. The summed E-state index contributed by atoms with van der Waals surface area (Å²) in [6.45, 7) is 10.0. The van der Waals surface area contributed by atoms with Crippen LogP contribution in [0.1, 0.15) is 64.7 Å². The van der Waals surface area contributed by atoms with Crippen molar-refractivity contribution in [3.8, 4) is 0 Å². The van der Waals surface area contributed by atoms with Crippen LogP contribution in [0.2, 0.25) is 0 Å². The van der Waals surface area contributed by atoms with Gasteiger partial charge in [-0.2, -0.15) is 0 Å². The van der Waals surface area contributed by atoms with E-state index in [-0.39, 0.29) is 16.8 Å².